The van der Waals surface area contributed by atoms with Crippen molar-refractivity contribution in [2.45, 2.75) is 52.3 Å². The van der Waals surface area contributed by atoms with Crippen LogP contribution < -0.4 is 5.32 Å². The van der Waals surface area contributed by atoms with Crippen molar-refractivity contribution in [2.75, 3.05) is 13.1 Å². The fourth-order valence-corrected chi connectivity index (χ4v) is 4.46. The van der Waals surface area contributed by atoms with Crippen molar-refractivity contribution < 1.29 is 9.53 Å². The zero-order valence-electron chi connectivity index (χ0n) is 21.0. The number of amides is 1. The lowest BCUT2D eigenvalue weighted by atomic mass is 9.92. The predicted molar refractivity (Wildman–Crippen MR) is 140 cm³/mol. The van der Waals surface area contributed by atoms with E-state index in [1.165, 1.54) is 22.3 Å². The summed E-state index contributed by atoms with van der Waals surface area (Å²) in [5.41, 5.74) is 7.19. The van der Waals surface area contributed by atoms with Crippen LogP contribution in [0.3, 0.4) is 0 Å². The lowest BCUT2D eigenvalue weighted by Crippen LogP contribution is -2.40. The Hall–Kier alpha value is -3.62. The number of carbonyl (C=O) groups is 1. The highest BCUT2D eigenvalue weighted by molar-refractivity contribution is 5.84. The number of aryl methyl sites for hydroxylation is 1. The Bertz CT molecular complexity index is 1220. The molecule has 3 aromatic carbocycles. The predicted octanol–water partition coefficient (Wildman–Crippen LogP) is 6.30. The third-order valence-corrected chi connectivity index (χ3v) is 6.17. The average molecular weight is 468 g/mol. The van der Waals surface area contributed by atoms with Crippen LogP contribution >= 0.6 is 0 Å². The number of nitrogens with one attached hydrogen (secondary N) is 1. The molecule has 5 heteroatoms. The van der Waals surface area contributed by atoms with Crippen LogP contribution in [-0.2, 0) is 11.3 Å². The quantitative estimate of drug-likeness (QED) is 0.478. The largest absolute Gasteiger partial charge is 0.444 e. The number of rotatable bonds is 5. The first-order valence-electron chi connectivity index (χ1n) is 12.1. The van der Waals surface area contributed by atoms with Crippen LogP contribution in [0, 0.1) is 18.3 Å². The van der Waals surface area contributed by atoms with Gasteiger partial charge in [0.2, 0.25) is 0 Å². The standard InChI is InChI=1S/C30H33N3O2/c1-21-5-10-24(11-6-21)27-14-9-23(17-28(27)25-12-7-22(18-31)8-13-25)19-33-16-15-26(20-33)32-29(34)35-30(2,3)4/h5-14,17,26H,15-16,19-20H2,1-4H3,(H,32,34). The third-order valence-electron chi connectivity index (χ3n) is 6.17. The van der Waals surface area contributed by atoms with E-state index in [-0.39, 0.29) is 12.1 Å². The summed E-state index contributed by atoms with van der Waals surface area (Å²) in [5, 5.41) is 12.2. The Morgan fingerprint density at radius 2 is 1.69 bits per heavy atom. The van der Waals surface area contributed by atoms with Gasteiger partial charge in [-0.2, -0.15) is 5.26 Å². The lowest BCUT2D eigenvalue weighted by Gasteiger charge is -2.22. The van der Waals surface area contributed by atoms with Gasteiger partial charge in [0, 0.05) is 25.7 Å². The maximum absolute atomic E-state index is 12.1. The molecule has 1 saturated heterocycles. The van der Waals surface area contributed by atoms with E-state index in [0.29, 0.717) is 5.56 Å². The maximum atomic E-state index is 12.1. The normalized spacial score (nSPS) is 16.0. The number of nitrogens with zero attached hydrogens (tertiary/aromatic N) is 2. The first-order chi connectivity index (χ1) is 16.7. The number of likely N-dealkylation sites (tertiary alicyclic amines) is 1. The summed E-state index contributed by atoms with van der Waals surface area (Å²) in [7, 11) is 0. The molecule has 1 N–H and O–H groups in total. The van der Waals surface area contributed by atoms with E-state index in [1.54, 1.807) is 0 Å². The Balaban J connectivity index is 1.53. The molecule has 1 atom stereocenters. The lowest BCUT2D eigenvalue weighted by molar-refractivity contribution is 0.0505. The van der Waals surface area contributed by atoms with Gasteiger partial charge in [-0.3, -0.25) is 4.90 Å². The van der Waals surface area contributed by atoms with Gasteiger partial charge in [0.25, 0.3) is 0 Å². The molecule has 4 rings (SSSR count). The van der Waals surface area contributed by atoms with Crippen LogP contribution in [0.2, 0.25) is 0 Å². The van der Waals surface area contributed by atoms with Crippen LogP contribution in [0.1, 0.15) is 43.9 Å². The van der Waals surface area contributed by atoms with E-state index in [2.05, 4.69) is 65.7 Å². The van der Waals surface area contributed by atoms with Crippen LogP contribution in [0.15, 0.2) is 66.7 Å². The number of benzene rings is 3. The molecule has 5 nitrogen and oxygen atoms in total. The van der Waals surface area contributed by atoms with Crippen molar-refractivity contribution in [3.63, 3.8) is 0 Å². The summed E-state index contributed by atoms with van der Waals surface area (Å²) in [5.74, 6) is 0. The monoisotopic (exact) mass is 467 g/mol. The Morgan fingerprint density at radius 3 is 2.34 bits per heavy atom. The number of hydrogen-bond acceptors (Lipinski definition) is 4. The molecule has 1 unspecified atom stereocenters. The second kappa shape index (κ2) is 10.3. The molecule has 0 saturated carbocycles. The maximum Gasteiger partial charge on any atom is 0.407 e. The topological polar surface area (TPSA) is 65.4 Å². The summed E-state index contributed by atoms with van der Waals surface area (Å²) in [4.78, 5) is 14.5. The van der Waals surface area contributed by atoms with Crippen LogP contribution in [-0.4, -0.2) is 35.7 Å². The molecule has 0 radical (unpaired) electrons. The van der Waals surface area contributed by atoms with E-state index in [4.69, 9.17) is 4.74 Å². The zero-order valence-corrected chi connectivity index (χ0v) is 21.0. The molecule has 0 bridgehead atoms. The van der Waals surface area contributed by atoms with Crippen molar-refractivity contribution >= 4 is 6.09 Å². The average Bonchev–Trinajstić information content (AvgIpc) is 3.25. The van der Waals surface area contributed by atoms with Gasteiger partial charge in [0.15, 0.2) is 0 Å². The van der Waals surface area contributed by atoms with Crippen molar-refractivity contribution in [3.05, 3.63) is 83.4 Å². The highest BCUT2D eigenvalue weighted by atomic mass is 16.6. The van der Waals surface area contributed by atoms with Gasteiger partial charge in [-0.1, -0.05) is 54.1 Å². The fourth-order valence-electron chi connectivity index (χ4n) is 4.46. The van der Waals surface area contributed by atoms with Crippen LogP contribution in [0.25, 0.3) is 22.3 Å². The van der Waals surface area contributed by atoms with Gasteiger partial charge in [-0.15, -0.1) is 0 Å². The van der Waals surface area contributed by atoms with E-state index in [9.17, 15) is 10.1 Å². The van der Waals surface area contributed by atoms with E-state index in [1.807, 2.05) is 45.0 Å². The van der Waals surface area contributed by atoms with Gasteiger partial charge in [-0.05, 0) is 80.1 Å². The van der Waals surface area contributed by atoms with E-state index >= 15 is 0 Å². The van der Waals surface area contributed by atoms with Crippen molar-refractivity contribution in [1.82, 2.24) is 10.2 Å². The minimum atomic E-state index is -0.497. The first-order valence-corrected chi connectivity index (χ1v) is 12.1. The van der Waals surface area contributed by atoms with Crippen molar-refractivity contribution in [1.29, 1.82) is 5.26 Å². The van der Waals surface area contributed by atoms with E-state index < -0.39 is 5.60 Å². The van der Waals surface area contributed by atoms with Gasteiger partial charge < -0.3 is 10.1 Å². The smallest absolute Gasteiger partial charge is 0.407 e. The van der Waals surface area contributed by atoms with Gasteiger partial charge in [0.1, 0.15) is 5.60 Å². The molecule has 0 aliphatic carbocycles. The molecule has 1 aliphatic heterocycles. The number of nitriles is 1. The molecule has 0 aromatic heterocycles. The molecule has 1 aliphatic rings. The molecule has 1 amide bonds. The van der Waals surface area contributed by atoms with Crippen LogP contribution in [0.4, 0.5) is 4.79 Å². The van der Waals surface area contributed by atoms with Crippen molar-refractivity contribution in [3.8, 4) is 28.3 Å². The fraction of sp³-hybridized carbons (Fsp3) is 0.333. The molecule has 3 aromatic rings. The second-order valence-corrected chi connectivity index (χ2v) is 10.3. The molecule has 0 spiro atoms. The van der Waals surface area contributed by atoms with E-state index in [0.717, 1.165) is 37.2 Å². The first kappa shape index (κ1) is 24.5. The Morgan fingerprint density at radius 1 is 1.03 bits per heavy atom. The summed E-state index contributed by atoms with van der Waals surface area (Å²) < 4.78 is 5.41. The number of carbonyl (C=O) groups excluding carboxylic acids is 1. The second-order valence-electron chi connectivity index (χ2n) is 10.3. The van der Waals surface area contributed by atoms with Gasteiger partial charge in [-0.25, -0.2) is 4.79 Å². The zero-order chi connectivity index (χ0) is 25.0. The molecular formula is C30H33N3O2. The van der Waals surface area contributed by atoms with Crippen LogP contribution in [0.5, 0.6) is 0 Å². The van der Waals surface area contributed by atoms with Crippen molar-refractivity contribution in [2.24, 2.45) is 0 Å². The summed E-state index contributed by atoms with van der Waals surface area (Å²) in [6.45, 7) is 10.2. The third kappa shape index (κ3) is 6.49. The van der Waals surface area contributed by atoms with Gasteiger partial charge >= 0.3 is 6.09 Å². The number of alkyl carbamates (subject to hydrolysis) is 1. The minimum Gasteiger partial charge on any atom is -0.444 e. The SMILES string of the molecule is Cc1ccc(-c2ccc(CN3CCC(NC(=O)OC(C)(C)C)C3)cc2-c2ccc(C#N)cc2)cc1. The molecule has 1 heterocycles. The highest BCUT2D eigenvalue weighted by Gasteiger charge is 2.26. The molecular weight excluding hydrogens is 434 g/mol. The van der Waals surface area contributed by atoms with Gasteiger partial charge in [0.05, 0.1) is 11.6 Å². The molecule has 180 valence electrons. The molecule has 1 fully saturated rings. The number of ether oxygens (including phenoxy) is 1. The summed E-state index contributed by atoms with van der Waals surface area (Å²) in [6, 6.07) is 25.3. The Labute approximate surface area is 208 Å². The molecule has 35 heavy (non-hydrogen) atoms. The summed E-state index contributed by atoms with van der Waals surface area (Å²) in [6.07, 6.45) is 0.554. The number of hydrogen-bond donors (Lipinski definition) is 1. The minimum absolute atomic E-state index is 0.0923. The highest BCUT2D eigenvalue weighted by Crippen LogP contribution is 2.34. The Kier molecular flexibility index (Phi) is 7.23. The summed E-state index contributed by atoms with van der Waals surface area (Å²) >= 11 is 0.